The highest BCUT2D eigenvalue weighted by Crippen LogP contribution is 2.43. The molecule has 0 spiro atoms. The first-order valence-electron chi connectivity index (χ1n) is 6.04. The Morgan fingerprint density at radius 2 is 0.789 bits per heavy atom. The normalized spacial score (nSPS) is 21.5. The SMILES string of the molecule is CC(S)SC(CC(SC(C)S)SC(C)S)SC(C)S. The molecule has 0 heterocycles. The van der Waals surface area contributed by atoms with Crippen molar-refractivity contribution in [3.05, 3.63) is 0 Å². The first kappa shape index (κ1) is 21.8. The third kappa shape index (κ3) is 14.1. The smallest absolute Gasteiger partial charge is 0.0542 e. The number of thiol groups is 4. The Bertz CT molecular complexity index is 177. The zero-order valence-electron chi connectivity index (χ0n) is 11.6. The lowest BCUT2D eigenvalue weighted by Gasteiger charge is -2.26. The third-order valence-electron chi connectivity index (χ3n) is 1.78. The van der Waals surface area contributed by atoms with Crippen molar-refractivity contribution >= 4 is 97.6 Å². The maximum atomic E-state index is 4.50. The van der Waals surface area contributed by atoms with Crippen LogP contribution in [-0.2, 0) is 0 Å². The summed E-state index contributed by atoms with van der Waals surface area (Å²) in [6.07, 6.45) is 1.12. The second kappa shape index (κ2) is 12.3. The maximum Gasteiger partial charge on any atom is 0.0542 e. The summed E-state index contributed by atoms with van der Waals surface area (Å²) in [6, 6.07) is 0. The highest BCUT2D eigenvalue weighted by Gasteiger charge is 2.23. The van der Waals surface area contributed by atoms with Crippen LogP contribution in [0.4, 0.5) is 0 Å². The molecule has 0 aliphatic rings. The molecule has 19 heavy (non-hydrogen) atoms. The van der Waals surface area contributed by atoms with Gasteiger partial charge in [-0.15, -0.1) is 47.0 Å². The molecule has 0 aromatic carbocycles. The average Bonchev–Trinajstić information content (AvgIpc) is 2.11. The Morgan fingerprint density at radius 3 is 0.947 bits per heavy atom. The number of rotatable bonds is 10. The van der Waals surface area contributed by atoms with Gasteiger partial charge in [0.05, 0.1) is 9.16 Å². The highest BCUT2D eigenvalue weighted by atomic mass is 32.2. The van der Waals surface area contributed by atoms with E-state index in [-0.39, 0.29) is 0 Å². The Morgan fingerprint density at radius 1 is 0.579 bits per heavy atom. The Balaban J connectivity index is 4.51. The fourth-order valence-corrected chi connectivity index (χ4v) is 10.0. The van der Waals surface area contributed by atoms with E-state index in [0.717, 1.165) is 6.42 Å². The maximum absolute atomic E-state index is 4.50. The van der Waals surface area contributed by atoms with Crippen molar-refractivity contribution < 1.29 is 0 Å². The quantitative estimate of drug-likeness (QED) is 0.254. The molecule has 0 aliphatic heterocycles. The Labute approximate surface area is 158 Å². The molecule has 0 fully saturated rings. The van der Waals surface area contributed by atoms with Crippen LogP contribution in [0.2, 0.25) is 0 Å². The molecular weight excluding hydrogens is 389 g/mol. The van der Waals surface area contributed by atoms with Gasteiger partial charge in [-0.25, -0.2) is 0 Å². The summed E-state index contributed by atoms with van der Waals surface area (Å²) in [5.74, 6) is 0. The molecule has 0 aromatic rings. The van der Waals surface area contributed by atoms with Crippen LogP contribution in [0.15, 0.2) is 0 Å². The standard InChI is InChI=1S/C11H24S8/c1-6(12)16-10(17-7(2)13)5-11(18-8(3)14)19-9(4)15/h6-15H,5H2,1-4H3. The predicted molar refractivity (Wildman–Crippen MR) is 116 cm³/mol. The van der Waals surface area contributed by atoms with E-state index in [0.29, 0.717) is 27.5 Å². The van der Waals surface area contributed by atoms with Crippen molar-refractivity contribution in [1.29, 1.82) is 0 Å². The van der Waals surface area contributed by atoms with Gasteiger partial charge >= 0.3 is 0 Å². The molecule has 4 atom stereocenters. The fourth-order valence-electron chi connectivity index (χ4n) is 1.32. The van der Waals surface area contributed by atoms with E-state index in [2.05, 4.69) is 78.2 Å². The van der Waals surface area contributed by atoms with Gasteiger partial charge in [0.2, 0.25) is 0 Å². The lowest BCUT2D eigenvalue weighted by Crippen LogP contribution is -2.13. The van der Waals surface area contributed by atoms with Crippen LogP contribution < -0.4 is 0 Å². The van der Waals surface area contributed by atoms with Crippen LogP contribution in [-0.4, -0.2) is 27.5 Å². The van der Waals surface area contributed by atoms with E-state index in [4.69, 9.17) is 0 Å². The molecule has 4 unspecified atom stereocenters. The molecule has 0 amide bonds. The van der Waals surface area contributed by atoms with Crippen LogP contribution in [0, 0.1) is 0 Å². The van der Waals surface area contributed by atoms with Crippen LogP contribution in [0.3, 0.4) is 0 Å². The number of thioether (sulfide) groups is 4. The van der Waals surface area contributed by atoms with E-state index in [1.807, 2.05) is 47.0 Å². The molecular formula is C11H24S8. The van der Waals surface area contributed by atoms with Crippen molar-refractivity contribution in [3.8, 4) is 0 Å². The second-order valence-corrected chi connectivity index (χ2v) is 15.3. The summed E-state index contributed by atoms with van der Waals surface area (Å²) >= 11 is 25.7. The minimum absolute atomic E-state index is 0.349. The molecule has 0 nitrogen and oxygen atoms in total. The van der Waals surface area contributed by atoms with Crippen LogP contribution in [0.1, 0.15) is 34.1 Å². The largest absolute Gasteiger partial charge is 0.165 e. The van der Waals surface area contributed by atoms with Gasteiger partial charge in [-0.3, -0.25) is 0 Å². The minimum atomic E-state index is 0.349. The predicted octanol–water partition coefficient (Wildman–Crippen LogP) is 6.06. The molecule has 0 aromatic heterocycles. The lowest BCUT2D eigenvalue weighted by atomic mass is 10.5. The van der Waals surface area contributed by atoms with E-state index in [1.54, 1.807) is 0 Å². The van der Waals surface area contributed by atoms with E-state index in [9.17, 15) is 0 Å². The van der Waals surface area contributed by atoms with Crippen LogP contribution >= 0.6 is 97.6 Å². The van der Waals surface area contributed by atoms with Crippen molar-refractivity contribution in [2.24, 2.45) is 0 Å². The molecule has 0 aliphatic carbocycles. The van der Waals surface area contributed by atoms with Gasteiger partial charge in [0, 0.05) is 18.3 Å². The topological polar surface area (TPSA) is 0 Å². The molecule has 0 rings (SSSR count). The van der Waals surface area contributed by atoms with Crippen molar-refractivity contribution in [3.63, 3.8) is 0 Å². The van der Waals surface area contributed by atoms with E-state index >= 15 is 0 Å². The molecule has 0 saturated carbocycles. The molecule has 0 N–H and O–H groups in total. The number of hydrogen-bond acceptors (Lipinski definition) is 8. The average molecular weight is 413 g/mol. The Kier molecular flexibility index (Phi) is 14.1. The monoisotopic (exact) mass is 412 g/mol. The lowest BCUT2D eigenvalue weighted by molar-refractivity contribution is 1.02. The zero-order chi connectivity index (χ0) is 15.0. The molecule has 0 radical (unpaired) electrons. The van der Waals surface area contributed by atoms with Crippen LogP contribution in [0.25, 0.3) is 0 Å². The van der Waals surface area contributed by atoms with Gasteiger partial charge in [0.1, 0.15) is 0 Å². The van der Waals surface area contributed by atoms with Crippen molar-refractivity contribution in [1.82, 2.24) is 0 Å². The van der Waals surface area contributed by atoms with Gasteiger partial charge < -0.3 is 0 Å². The number of hydrogen-bond donors (Lipinski definition) is 4. The Hall–Kier alpha value is 2.80. The molecule has 8 heteroatoms. The summed E-state index contributed by atoms with van der Waals surface area (Å²) in [6.45, 7) is 8.51. The summed E-state index contributed by atoms with van der Waals surface area (Å²) in [4.78, 5) is 0. The molecule has 0 bridgehead atoms. The zero-order valence-corrected chi connectivity index (χ0v) is 18.4. The summed E-state index contributed by atoms with van der Waals surface area (Å²) < 4.78 is 2.43. The summed E-state index contributed by atoms with van der Waals surface area (Å²) in [5.41, 5.74) is 0. The van der Waals surface area contributed by atoms with Crippen molar-refractivity contribution in [2.45, 2.75) is 61.6 Å². The van der Waals surface area contributed by atoms with Gasteiger partial charge in [0.15, 0.2) is 0 Å². The fraction of sp³-hybridized carbons (Fsp3) is 1.00. The van der Waals surface area contributed by atoms with Crippen LogP contribution in [0.5, 0.6) is 0 Å². The van der Waals surface area contributed by atoms with E-state index in [1.165, 1.54) is 0 Å². The van der Waals surface area contributed by atoms with Crippen molar-refractivity contribution in [2.75, 3.05) is 0 Å². The molecule has 0 saturated heterocycles. The summed E-state index contributed by atoms with van der Waals surface area (Å²) in [7, 11) is 0. The van der Waals surface area contributed by atoms with Gasteiger partial charge in [-0.1, -0.05) is 0 Å². The molecule has 116 valence electrons. The first-order valence-corrected chi connectivity index (χ1v) is 11.9. The highest BCUT2D eigenvalue weighted by molar-refractivity contribution is 8.25. The second-order valence-electron chi connectivity index (χ2n) is 4.04. The third-order valence-corrected chi connectivity index (χ3v) is 8.13. The summed E-state index contributed by atoms with van der Waals surface area (Å²) in [5, 5.41) is 0. The van der Waals surface area contributed by atoms with Gasteiger partial charge in [-0.05, 0) is 34.1 Å². The minimum Gasteiger partial charge on any atom is -0.165 e. The first-order chi connectivity index (χ1) is 8.70. The van der Waals surface area contributed by atoms with E-state index < -0.39 is 0 Å². The van der Waals surface area contributed by atoms with Gasteiger partial charge in [0.25, 0.3) is 0 Å². The van der Waals surface area contributed by atoms with Gasteiger partial charge in [-0.2, -0.15) is 50.5 Å².